The molecule has 0 aliphatic carbocycles. The molecule has 0 saturated carbocycles. The molecule has 12 heteroatoms. The van der Waals surface area contributed by atoms with Crippen LogP contribution in [0.25, 0.3) is 0 Å². The highest BCUT2D eigenvalue weighted by molar-refractivity contribution is 5.87. The number of halogens is 8. The normalized spacial score (nSPS) is 13.3. The minimum absolute atomic E-state index is 0.187. The van der Waals surface area contributed by atoms with Gasteiger partial charge in [0.2, 0.25) is 0 Å². The van der Waals surface area contributed by atoms with Crippen molar-refractivity contribution in [3.8, 4) is 0 Å². The van der Waals surface area contributed by atoms with Gasteiger partial charge in [0.25, 0.3) is 0 Å². The van der Waals surface area contributed by atoms with Crippen molar-refractivity contribution < 1.29 is 54.5 Å². The molecule has 0 heterocycles. The summed E-state index contributed by atoms with van der Waals surface area (Å²) in [6.45, 7) is 3.13. The summed E-state index contributed by atoms with van der Waals surface area (Å²) < 4.78 is 120. The SMILES string of the molecule is C=C(CO)C(=O)OCCCC(F)(F)C(F)(F)C(F)(F)C(F)(F)CCCOCCCCCC. The van der Waals surface area contributed by atoms with Crippen LogP contribution in [0, 0.1) is 0 Å². The lowest BCUT2D eigenvalue weighted by molar-refractivity contribution is -0.368. The molecule has 32 heavy (non-hydrogen) atoms. The number of unbranched alkanes of at least 4 members (excludes halogenated alkanes) is 3. The third-order valence-corrected chi connectivity index (χ3v) is 4.58. The summed E-state index contributed by atoms with van der Waals surface area (Å²) in [6.07, 6.45) is -2.12. The van der Waals surface area contributed by atoms with Crippen LogP contribution >= 0.6 is 0 Å². The summed E-state index contributed by atoms with van der Waals surface area (Å²) in [7, 11) is 0. The Balaban J connectivity index is 4.77. The van der Waals surface area contributed by atoms with Crippen LogP contribution in [0.2, 0.25) is 0 Å². The second kappa shape index (κ2) is 13.3. The van der Waals surface area contributed by atoms with Gasteiger partial charge in [0, 0.05) is 26.1 Å². The van der Waals surface area contributed by atoms with Crippen molar-refractivity contribution in [1.29, 1.82) is 0 Å². The van der Waals surface area contributed by atoms with Crippen LogP contribution in [0.5, 0.6) is 0 Å². The summed E-state index contributed by atoms with van der Waals surface area (Å²) in [5, 5.41) is 8.62. The zero-order valence-electron chi connectivity index (χ0n) is 17.9. The first kappa shape index (κ1) is 30.6. The number of carbonyl (C=O) groups excluding carboxylic acids is 1. The number of hydrogen-bond acceptors (Lipinski definition) is 4. The van der Waals surface area contributed by atoms with Crippen LogP contribution in [-0.4, -0.2) is 61.2 Å². The maximum Gasteiger partial charge on any atom is 0.378 e. The lowest BCUT2D eigenvalue weighted by Crippen LogP contribution is -2.62. The van der Waals surface area contributed by atoms with E-state index in [1.165, 1.54) is 0 Å². The molecule has 0 saturated heterocycles. The van der Waals surface area contributed by atoms with Gasteiger partial charge in [-0.1, -0.05) is 32.8 Å². The minimum Gasteiger partial charge on any atom is -0.462 e. The number of aliphatic hydroxyl groups excluding tert-OH is 1. The van der Waals surface area contributed by atoms with Gasteiger partial charge in [-0.15, -0.1) is 0 Å². The Kier molecular flexibility index (Phi) is 12.7. The molecule has 0 fully saturated rings. The van der Waals surface area contributed by atoms with E-state index in [-0.39, 0.29) is 6.61 Å². The molecule has 0 atom stereocenters. The molecular weight excluding hydrogens is 456 g/mol. The molecule has 0 bridgehead atoms. The Morgan fingerprint density at radius 3 is 1.72 bits per heavy atom. The third-order valence-electron chi connectivity index (χ3n) is 4.58. The predicted octanol–water partition coefficient (Wildman–Crippen LogP) is 5.78. The van der Waals surface area contributed by atoms with Gasteiger partial charge in [-0.3, -0.25) is 0 Å². The molecule has 0 unspecified atom stereocenters. The van der Waals surface area contributed by atoms with Crippen molar-refractivity contribution in [2.45, 2.75) is 82.0 Å². The van der Waals surface area contributed by atoms with Gasteiger partial charge in [0.1, 0.15) is 0 Å². The molecule has 0 radical (unpaired) electrons. The molecule has 0 spiro atoms. The number of esters is 1. The van der Waals surface area contributed by atoms with Gasteiger partial charge in [-0.25, -0.2) is 4.79 Å². The molecule has 0 rings (SSSR count). The van der Waals surface area contributed by atoms with Crippen LogP contribution in [0.1, 0.15) is 58.3 Å². The van der Waals surface area contributed by atoms with Gasteiger partial charge >= 0.3 is 29.7 Å². The summed E-state index contributed by atoms with van der Waals surface area (Å²) >= 11 is 0. The second-order valence-electron chi connectivity index (χ2n) is 7.34. The molecule has 190 valence electrons. The third kappa shape index (κ3) is 8.49. The first-order valence-corrected chi connectivity index (χ1v) is 10.2. The quantitative estimate of drug-likeness (QED) is 0.116. The summed E-state index contributed by atoms with van der Waals surface area (Å²) in [6, 6.07) is 0. The van der Waals surface area contributed by atoms with Crippen LogP contribution in [0.4, 0.5) is 35.1 Å². The maximum absolute atomic E-state index is 13.8. The highest BCUT2D eigenvalue weighted by Crippen LogP contribution is 2.55. The number of ether oxygens (including phenoxy) is 2. The van der Waals surface area contributed by atoms with E-state index >= 15 is 0 Å². The fourth-order valence-electron chi connectivity index (χ4n) is 2.53. The number of rotatable bonds is 18. The van der Waals surface area contributed by atoms with Crippen molar-refractivity contribution in [3.63, 3.8) is 0 Å². The van der Waals surface area contributed by atoms with Gasteiger partial charge in [0.05, 0.1) is 18.8 Å². The number of alkyl halides is 8. The number of carbonyl (C=O) groups is 1. The summed E-state index contributed by atoms with van der Waals surface area (Å²) in [5.74, 6) is -24.8. The largest absolute Gasteiger partial charge is 0.462 e. The smallest absolute Gasteiger partial charge is 0.378 e. The molecule has 0 aliphatic rings. The van der Waals surface area contributed by atoms with E-state index in [0.717, 1.165) is 19.3 Å². The first-order chi connectivity index (χ1) is 14.7. The average Bonchev–Trinajstić information content (AvgIpc) is 2.71. The molecule has 0 amide bonds. The predicted molar refractivity (Wildman–Crippen MR) is 100 cm³/mol. The molecule has 0 aromatic carbocycles. The van der Waals surface area contributed by atoms with Crippen LogP contribution in [0.15, 0.2) is 12.2 Å². The fraction of sp³-hybridized carbons (Fsp3) is 0.850. The molecular formula is C20H30F8O4. The number of aliphatic hydroxyl groups is 1. The topological polar surface area (TPSA) is 55.8 Å². The first-order valence-electron chi connectivity index (χ1n) is 10.2. The second-order valence-corrected chi connectivity index (χ2v) is 7.34. The average molecular weight is 486 g/mol. The van der Waals surface area contributed by atoms with Crippen molar-refractivity contribution in [2.24, 2.45) is 0 Å². The van der Waals surface area contributed by atoms with Crippen LogP contribution < -0.4 is 0 Å². The van der Waals surface area contributed by atoms with E-state index in [0.29, 0.717) is 6.42 Å². The van der Waals surface area contributed by atoms with Crippen LogP contribution in [-0.2, 0) is 14.3 Å². The number of hydrogen-bond donors (Lipinski definition) is 1. The Hall–Kier alpha value is -1.43. The van der Waals surface area contributed by atoms with Gasteiger partial charge in [-0.2, -0.15) is 35.1 Å². The molecule has 4 nitrogen and oxygen atoms in total. The van der Waals surface area contributed by atoms with Gasteiger partial charge in [0.15, 0.2) is 0 Å². The zero-order chi connectivity index (χ0) is 25.1. The summed E-state index contributed by atoms with van der Waals surface area (Å²) in [4.78, 5) is 11.2. The zero-order valence-corrected chi connectivity index (χ0v) is 17.9. The van der Waals surface area contributed by atoms with E-state index in [1.54, 1.807) is 0 Å². The van der Waals surface area contributed by atoms with E-state index in [1.807, 2.05) is 6.92 Å². The Morgan fingerprint density at radius 2 is 1.25 bits per heavy atom. The van der Waals surface area contributed by atoms with Crippen LogP contribution in [0.3, 0.4) is 0 Å². The van der Waals surface area contributed by atoms with Crippen molar-refractivity contribution in [3.05, 3.63) is 12.2 Å². The lowest BCUT2D eigenvalue weighted by Gasteiger charge is -2.37. The molecule has 1 N–H and O–H groups in total. The lowest BCUT2D eigenvalue weighted by atomic mass is 9.93. The Bertz CT molecular complexity index is 582. The van der Waals surface area contributed by atoms with Gasteiger partial charge < -0.3 is 14.6 Å². The fourth-order valence-corrected chi connectivity index (χ4v) is 2.53. The van der Waals surface area contributed by atoms with Crippen molar-refractivity contribution >= 4 is 5.97 Å². The molecule has 0 aromatic heterocycles. The van der Waals surface area contributed by atoms with Crippen molar-refractivity contribution in [2.75, 3.05) is 26.4 Å². The standard InChI is InChI=1S/C20H30F8O4/c1-3-4-5-6-11-31-12-7-9-17(21,22)19(25,26)20(27,28)18(23,24)10-8-13-32-16(30)15(2)14-29/h29H,2-14H2,1H3. The van der Waals surface area contributed by atoms with E-state index in [4.69, 9.17) is 9.84 Å². The van der Waals surface area contributed by atoms with E-state index in [9.17, 15) is 39.9 Å². The minimum atomic E-state index is -6.36. The van der Waals surface area contributed by atoms with Crippen molar-refractivity contribution in [1.82, 2.24) is 0 Å². The highest BCUT2D eigenvalue weighted by Gasteiger charge is 2.79. The Labute approximate surface area is 181 Å². The molecule has 0 aliphatic heterocycles. The maximum atomic E-state index is 13.8. The van der Waals surface area contributed by atoms with Gasteiger partial charge in [-0.05, 0) is 19.3 Å². The monoisotopic (exact) mass is 486 g/mol. The molecule has 0 aromatic rings. The summed E-state index contributed by atoms with van der Waals surface area (Å²) in [5.41, 5.74) is -0.446. The van der Waals surface area contributed by atoms with E-state index < -0.39 is 80.7 Å². The Morgan fingerprint density at radius 1 is 0.781 bits per heavy atom. The highest BCUT2D eigenvalue weighted by atomic mass is 19.4. The van der Waals surface area contributed by atoms with E-state index in [2.05, 4.69) is 11.3 Å².